The summed E-state index contributed by atoms with van der Waals surface area (Å²) in [6.45, 7) is 7.11. The summed E-state index contributed by atoms with van der Waals surface area (Å²) in [5.41, 5.74) is 1.18. The quantitative estimate of drug-likeness (QED) is 0.505. The number of piperidine rings is 1. The molecule has 3 aliphatic heterocycles. The molecular weight excluding hydrogens is 462 g/mol. The highest BCUT2D eigenvalue weighted by molar-refractivity contribution is 8.15. The number of hydrogen-bond acceptors (Lipinski definition) is 6. The summed E-state index contributed by atoms with van der Waals surface area (Å²) >= 11 is 1.39. The van der Waals surface area contributed by atoms with Crippen molar-refractivity contribution in [3.8, 4) is 0 Å². The van der Waals surface area contributed by atoms with Crippen molar-refractivity contribution in [3.05, 3.63) is 29.8 Å². The first-order chi connectivity index (χ1) is 17.0. The standard InChI is InChI=1S/C26H37N5O3S/c1-19-8-2-4-14-30(19)15-5-3-13-27-24(33)20-9-11-21(12-10-20)28-23(32)18-22-25(34)29-26(35-22)31-16-6-7-17-31/h9-12,19,22H,2-8,13-18H2,1H3,(H,27,33)(H,28,32)/t19-,22-/m1/s1. The second-order valence-electron chi connectivity index (χ2n) is 9.71. The van der Waals surface area contributed by atoms with E-state index in [0.29, 0.717) is 23.8 Å². The molecule has 1 aromatic carbocycles. The molecule has 0 radical (unpaired) electrons. The number of hydrogen-bond donors (Lipinski definition) is 2. The number of aliphatic imine (C=N–C) groups is 1. The topological polar surface area (TPSA) is 94.1 Å². The molecule has 4 rings (SSSR count). The van der Waals surface area contributed by atoms with E-state index in [1.54, 1.807) is 24.3 Å². The van der Waals surface area contributed by atoms with Crippen LogP contribution in [0.15, 0.2) is 29.3 Å². The number of carbonyl (C=O) groups excluding carboxylic acids is 3. The zero-order chi connectivity index (χ0) is 24.6. The van der Waals surface area contributed by atoms with Gasteiger partial charge in [0.15, 0.2) is 5.17 Å². The van der Waals surface area contributed by atoms with Gasteiger partial charge in [-0.1, -0.05) is 18.2 Å². The molecule has 3 heterocycles. The lowest BCUT2D eigenvalue weighted by Gasteiger charge is -2.33. The van der Waals surface area contributed by atoms with Crippen molar-refractivity contribution in [1.82, 2.24) is 15.1 Å². The van der Waals surface area contributed by atoms with Crippen molar-refractivity contribution in [2.45, 2.75) is 69.6 Å². The number of carbonyl (C=O) groups is 3. The van der Waals surface area contributed by atoms with Crippen LogP contribution in [0.4, 0.5) is 5.69 Å². The second-order valence-corrected chi connectivity index (χ2v) is 10.9. The minimum atomic E-state index is -0.464. The zero-order valence-corrected chi connectivity index (χ0v) is 21.4. The van der Waals surface area contributed by atoms with Crippen LogP contribution in [-0.2, 0) is 9.59 Å². The smallest absolute Gasteiger partial charge is 0.262 e. The van der Waals surface area contributed by atoms with Crippen LogP contribution < -0.4 is 10.6 Å². The van der Waals surface area contributed by atoms with Crippen LogP contribution in [-0.4, -0.2) is 76.7 Å². The van der Waals surface area contributed by atoms with Gasteiger partial charge in [-0.05, 0) is 82.8 Å². The number of thioether (sulfide) groups is 1. The maximum Gasteiger partial charge on any atom is 0.262 e. The van der Waals surface area contributed by atoms with Crippen molar-refractivity contribution in [2.24, 2.45) is 4.99 Å². The maximum atomic E-state index is 12.5. The monoisotopic (exact) mass is 499 g/mol. The Hall–Kier alpha value is -2.39. The molecule has 9 heteroatoms. The first kappa shape index (κ1) is 25.7. The molecule has 0 unspecified atom stereocenters. The largest absolute Gasteiger partial charge is 0.352 e. The fourth-order valence-corrected chi connectivity index (χ4v) is 5.99. The molecule has 2 fully saturated rings. The van der Waals surface area contributed by atoms with Gasteiger partial charge in [-0.2, -0.15) is 4.99 Å². The molecule has 1 aromatic rings. The van der Waals surface area contributed by atoms with Crippen molar-refractivity contribution >= 4 is 40.3 Å². The summed E-state index contributed by atoms with van der Waals surface area (Å²) in [4.78, 5) is 45.9. The van der Waals surface area contributed by atoms with Gasteiger partial charge in [-0.3, -0.25) is 14.4 Å². The number of amides is 3. The van der Waals surface area contributed by atoms with Gasteiger partial charge in [0.2, 0.25) is 5.91 Å². The van der Waals surface area contributed by atoms with Crippen LogP contribution in [0.5, 0.6) is 0 Å². The highest BCUT2D eigenvalue weighted by Crippen LogP contribution is 2.29. The number of unbranched alkanes of at least 4 members (excludes halogenated alkanes) is 1. The van der Waals surface area contributed by atoms with Crippen molar-refractivity contribution in [2.75, 3.05) is 38.0 Å². The Morgan fingerprint density at radius 3 is 2.54 bits per heavy atom. The third-order valence-corrected chi connectivity index (χ3v) is 8.22. The molecule has 2 N–H and O–H groups in total. The molecule has 3 aliphatic rings. The van der Waals surface area contributed by atoms with Gasteiger partial charge >= 0.3 is 0 Å². The molecule has 3 amide bonds. The average molecular weight is 500 g/mol. The number of amidine groups is 1. The van der Waals surface area contributed by atoms with E-state index in [2.05, 4.69) is 32.3 Å². The fraction of sp³-hybridized carbons (Fsp3) is 0.615. The summed E-state index contributed by atoms with van der Waals surface area (Å²) in [5.74, 6) is -0.563. The number of anilines is 1. The molecule has 190 valence electrons. The Labute approximate surface area is 212 Å². The Kier molecular flexibility index (Phi) is 9.20. The molecule has 0 aliphatic carbocycles. The van der Waals surface area contributed by atoms with Crippen LogP contribution in [0.25, 0.3) is 0 Å². The molecule has 2 saturated heterocycles. The van der Waals surface area contributed by atoms with E-state index >= 15 is 0 Å². The van der Waals surface area contributed by atoms with E-state index in [9.17, 15) is 14.4 Å². The summed E-state index contributed by atoms with van der Waals surface area (Å²) in [6.07, 6.45) is 8.29. The third kappa shape index (κ3) is 7.30. The minimum Gasteiger partial charge on any atom is -0.352 e. The predicted molar refractivity (Wildman–Crippen MR) is 141 cm³/mol. The van der Waals surface area contributed by atoms with Gasteiger partial charge in [-0.25, -0.2) is 0 Å². The normalized spacial score (nSPS) is 22.8. The summed E-state index contributed by atoms with van der Waals surface area (Å²) in [7, 11) is 0. The van der Waals surface area contributed by atoms with Crippen LogP contribution >= 0.6 is 11.8 Å². The Morgan fingerprint density at radius 2 is 1.80 bits per heavy atom. The van der Waals surface area contributed by atoms with Gasteiger partial charge in [0.05, 0.1) is 0 Å². The van der Waals surface area contributed by atoms with E-state index in [0.717, 1.165) is 50.5 Å². The van der Waals surface area contributed by atoms with Crippen LogP contribution in [0.3, 0.4) is 0 Å². The highest BCUT2D eigenvalue weighted by atomic mass is 32.2. The van der Waals surface area contributed by atoms with Gasteiger partial charge < -0.3 is 20.4 Å². The summed E-state index contributed by atoms with van der Waals surface area (Å²) < 4.78 is 0. The van der Waals surface area contributed by atoms with E-state index in [-0.39, 0.29) is 24.1 Å². The van der Waals surface area contributed by atoms with Gasteiger partial charge in [-0.15, -0.1) is 0 Å². The number of likely N-dealkylation sites (tertiary alicyclic amines) is 2. The molecule has 0 bridgehead atoms. The Balaban J connectivity index is 1.14. The predicted octanol–water partition coefficient (Wildman–Crippen LogP) is 3.49. The van der Waals surface area contributed by atoms with Crippen molar-refractivity contribution < 1.29 is 14.4 Å². The number of rotatable bonds is 9. The van der Waals surface area contributed by atoms with E-state index < -0.39 is 5.25 Å². The number of nitrogens with zero attached hydrogens (tertiary/aromatic N) is 3. The van der Waals surface area contributed by atoms with Gasteiger partial charge in [0.25, 0.3) is 11.8 Å². The second kappa shape index (κ2) is 12.5. The van der Waals surface area contributed by atoms with Crippen LogP contribution in [0, 0.1) is 0 Å². The molecule has 0 spiro atoms. The van der Waals surface area contributed by atoms with Gasteiger partial charge in [0.1, 0.15) is 5.25 Å². The SMILES string of the molecule is C[C@@H]1CCCCN1CCCCNC(=O)c1ccc(NC(=O)C[C@H]2SC(N3CCCC3)=NC2=O)cc1. The molecule has 0 aromatic heterocycles. The first-order valence-corrected chi connectivity index (χ1v) is 13.8. The van der Waals surface area contributed by atoms with E-state index in [1.165, 1.54) is 37.6 Å². The first-order valence-electron chi connectivity index (χ1n) is 13.0. The zero-order valence-electron chi connectivity index (χ0n) is 20.6. The Morgan fingerprint density at radius 1 is 1.06 bits per heavy atom. The molecule has 35 heavy (non-hydrogen) atoms. The number of benzene rings is 1. The van der Waals surface area contributed by atoms with Gasteiger partial charge in [0, 0.05) is 43.3 Å². The van der Waals surface area contributed by atoms with Crippen molar-refractivity contribution in [1.29, 1.82) is 0 Å². The van der Waals surface area contributed by atoms with Crippen LogP contribution in [0.2, 0.25) is 0 Å². The lowest BCUT2D eigenvalue weighted by molar-refractivity contribution is -0.121. The van der Waals surface area contributed by atoms with E-state index in [1.807, 2.05) is 0 Å². The highest BCUT2D eigenvalue weighted by Gasteiger charge is 2.33. The molecule has 8 nitrogen and oxygen atoms in total. The molecular formula is C26H37N5O3S. The third-order valence-electron chi connectivity index (χ3n) is 7.01. The van der Waals surface area contributed by atoms with Crippen molar-refractivity contribution in [3.63, 3.8) is 0 Å². The Bertz CT molecular complexity index is 929. The van der Waals surface area contributed by atoms with Crippen LogP contribution in [0.1, 0.15) is 68.6 Å². The summed E-state index contributed by atoms with van der Waals surface area (Å²) in [6, 6.07) is 7.55. The average Bonchev–Trinajstić information content (AvgIpc) is 3.51. The summed E-state index contributed by atoms with van der Waals surface area (Å²) in [5, 5.41) is 6.10. The maximum absolute atomic E-state index is 12.5. The lowest BCUT2D eigenvalue weighted by Crippen LogP contribution is -2.38. The fourth-order valence-electron chi connectivity index (χ4n) is 4.87. The minimum absolute atomic E-state index is 0.0861. The van der Waals surface area contributed by atoms with E-state index in [4.69, 9.17) is 0 Å². The molecule has 2 atom stereocenters. The molecule has 0 saturated carbocycles. The lowest BCUT2D eigenvalue weighted by atomic mass is 10.0. The number of nitrogens with one attached hydrogen (secondary N) is 2.